The molecule has 1 heteroatoms. The van der Waals surface area contributed by atoms with Crippen LogP contribution in [0.15, 0.2) is 47.6 Å². The standard InChI is InChI=1S/C16H24Si/c1-6-16(13-17(3,4)5)14(2)12-15-10-8-7-9-11-15/h6-12H,13H2,1-5H3/b14-12+,16-6-. The van der Waals surface area contributed by atoms with Crippen LogP contribution in [-0.4, -0.2) is 8.07 Å². The summed E-state index contributed by atoms with van der Waals surface area (Å²) in [5, 5.41) is 0. The summed E-state index contributed by atoms with van der Waals surface area (Å²) >= 11 is 0. The first-order chi connectivity index (χ1) is 7.92. The van der Waals surface area contributed by atoms with Crippen LogP contribution in [0.1, 0.15) is 19.4 Å². The summed E-state index contributed by atoms with van der Waals surface area (Å²) in [6.45, 7) is 11.6. The van der Waals surface area contributed by atoms with Crippen molar-refractivity contribution in [3.05, 3.63) is 53.1 Å². The molecule has 0 saturated heterocycles. The topological polar surface area (TPSA) is 0 Å². The van der Waals surface area contributed by atoms with Crippen LogP contribution >= 0.6 is 0 Å². The molecule has 0 aliphatic heterocycles. The Morgan fingerprint density at radius 1 is 1.12 bits per heavy atom. The molecule has 0 N–H and O–H groups in total. The third kappa shape index (κ3) is 5.18. The third-order valence-electron chi connectivity index (χ3n) is 2.76. The van der Waals surface area contributed by atoms with Crippen LogP contribution in [0.25, 0.3) is 6.08 Å². The lowest BCUT2D eigenvalue weighted by Crippen LogP contribution is -2.20. The van der Waals surface area contributed by atoms with Crippen LogP contribution in [0.3, 0.4) is 0 Å². The van der Waals surface area contributed by atoms with Gasteiger partial charge in [-0.2, -0.15) is 0 Å². The molecule has 0 unspecified atom stereocenters. The predicted octanol–water partition coefficient (Wildman–Crippen LogP) is 5.37. The molecule has 0 bridgehead atoms. The van der Waals surface area contributed by atoms with E-state index < -0.39 is 8.07 Å². The molecular weight excluding hydrogens is 220 g/mol. The lowest BCUT2D eigenvalue weighted by Gasteiger charge is -2.19. The fraction of sp³-hybridized carbons (Fsp3) is 0.375. The number of rotatable bonds is 4. The maximum atomic E-state index is 2.42. The van der Waals surface area contributed by atoms with Crippen LogP contribution in [0.5, 0.6) is 0 Å². The maximum Gasteiger partial charge on any atom is 0.0487 e. The van der Waals surface area contributed by atoms with Crippen LogP contribution in [-0.2, 0) is 0 Å². The minimum Gasteiger partial charge on any atom is -0.0845 e. The fourth-order valence-corrected chi connectivity index (χ4v) is 3.56. The highest BCUT2D eigenvalue weighted by atomic mass is 28.3. The molecule has 1 aromatic rings. The summed E-state index contributed by atoms with van der Waals surface area (Å²) in [4.78, 5) is 0. The molecule has 0 saturated carbocycles. The first-order valence-electron chi connectivity index (χ1n) is 6.31. The van der Waals surface area contributed by atoms with Gasteiger partial charge in [0.05, 0.1) is 0 Å². The van der Waals surface area contributed by atoms with E-state index in [2.05, 4.69) is 76.0 Å². The second kappa shape index (κ2) is 6.01. The number of hydrogen-bond acceptors (Lipinski definition) is 0. The summed E-state index contributed by atoms with van der Waals surface area (Å²) in [5.74, 6) is 0. The van der Waals surface area contributed by atoms with Gasteiger partial charge in [0, 0.05) is 8.07 Å². The van der Waals surface area contributed by atoms with E-state index in [0.717, 1.165) is 0 Å². The van der Waals surface area contributed by atoms with Crippen molar-refractivity contribution >= 4 is 14.1 Å². The van der Waals surface area contributed by atoms with Gasteiger partial charge in [0.2, 0.25) is 0 Å². The summed E-state index contributed by atoms with van der Waals surface area (Å²) in [6.07, 6.45) is 4.56. The number of benzene rings is 1. The van der Waals surface area contributed by atoms with Gasteiger partial charge in [-0.3, -0.25) is 0 Å². The Bertz CT molecular complexity index is 405. The Balaban J connectivity index is 2.88. The van der Waals surface area contributed by atoms with Gasteiger partial charge in [-0.1, -0.05) is 67.7 Å². The van der Waals surface area contributed by atoms with Gasteiger partial charge in [-0.25, -0.2) is 0 Å². The average Bonchev–Trinajstić information content (AvgIpc) is 2.26. The average molecular weight is 244 g/mol. The number of hydrogen-bond donors (Lipinski definition) is 0. The van der Waals surface area contributed by atoms with Crippen molar-refractivity contribution in [1.29, 1.82) is 0 Å². The molecule has 0 atom stereocenters. The van der Waals surface area contributed by atoms with E-state index in [1.165, 1.54) is 22.8 Å². The smallest absolute Gasteiger partial charge is 0.0487 e. The highest BCUT2D eigenvalue weighted by molar-refractivity contribution is 6.76. The van der Waals surface area contributed by atoms with Crippen LogP contribution < -0.4 is 0 Å². The van der Waals surface area contributed by atoms with E-state index in [-0.39, 0.29) is 0 Å². The quantitative estimate of drug-likeness (QED) is 0.493. The zero-order valence-corrected chi connectivity index (χ0v) is 12.7. The molecule has 1 aromatic carbocycles. The zero-order valence-electron chi connectivity index (χ0n) is 11.7. The molecule has 0 heterocycles. The van der Waals surface area contributed by atoms with Gasteiger partial charge in [-0.05, 0) is 31.0 Å². The van der Waals surface area contributed by atoms with E-state index in [0.29, 0.717) is 0 Å². The minimum atomic E-state index is -1.03. The molecule has 0 spiro atoms. The van der Waals surface area contributed by atoms with Gasteiger partial charge in [0.1, 0.15) is 0 Å². The van der Waals surface area contributed by atoms with E-state index >= 15 is 0 Å². The van der Waals surface area contributed by atoms with E-state index in [9.17, 15) is 0 Å². The molecule has 92 valence electrons. The third-order valence-corrected chi connectivity index (χ3v) is 4.20. The highest BCUT2D eigenvalue weighted by Gasteiger charge is 2.15. The molecule has 0 radical (unpaired) electrons. The highest BCUT2D eigenvalue weighted by Crippen LogP contribution is 2.24. The number of allylic oxidation sites excluding steroid dienone is 3. The van der Waals surface area contributed by atoms with Gasteiger partial charge in [-0.15, -0.1) is 0 Å². The van der Waals surface area contributed by atoms with Crippen molar-refractivity contribution in [3.8, 4) is 0 Å². The molecule has 17 heavy (non-hydrogen) atoms. The summed E-state index contributed by atoms with van der Waals surface area (Å²) < 4.78 is 0. The Morgan fingerprint density at radius 2 is 1.71 bits per heavy atom. The normalized spacial score (nSPS) is 13.9. The Kier molecular flexibility index (Phi) is 4.95. The van der Waals surface area contributed by atoms with E-state index in [1.54, 1.807) is 0 Å². The molecule has 0 nitrogen and oxygen atoms in total. The lowest BCUT2D eigenvalue weighted by molar-refractivity contribution is 1.29. The zero-order chi connectivity index (χ0) is 12.9. The van der Waals surface area contributed by atoms with E-state index in [1.807, 2.05) is 0 Å². The van der Waals surface area contributed by atoms with Crippen molar-refractivity contribution in [2.45, 2.75) is 39.5 Å². The van der Waals surface area contributed by atoms with Crippen molar-refractivity contribution in [1.82, 2.24) is 0 Å². The molecule has 0 fully saturated rings. The first kappa shape index (κ1) is 14.0. The predicted molar refractivity (Wildman–Crippen MR) is 82.0 cm³/mol. The molecule has 1 rings (SSSR count). The van der Waals surface area contributed by atoms with Crippen LogP contribution in [0.4, 0.5) is 0 Å². The SMILES string of the molecule is C/C=C(C[Si](C)(C)C)\C(C)=C\c1ccccc1. The van der Waals surface area contributed by atoms with Crippen molar-refractivity contribution in [2.24, 2.45) is 0 Å². The van der Waals surface area contributed by atoms with Gasteiger partial charge in [0.25, 0.3) is 0 Å². The van der Waals surface area contributed by atoms with Crippen molar-refractivity contribution < 1.29 is 0 Å². The molecule has 0 aromatic heterocycles. The summed E-state index contributed by atoms with van der Waals surface area (Å²) in [6, 6.07) is 11.8. The minimum absolute atomic E-state index is 1.03. The fourth-order valence-electron chi connectivity index (χ4n) is 1.93. The summed E-state index contributed by atoms with van der Waals surface area (Å²) in [5.41, 5.74) is 4.20. The largest absolute Gasteiger partial charge is 0.0845 e. The Hall–Kier alpha value is -1.08. The van der Waals surface area contributed by atoms with Crippen molar-refractivity contribution in [2.75, 3.05) is 0 Å². The molecular formula is C16H24Si. The molecule has 0 aliphatic rings. The Labute approximate surface area is 107 Å². The monoisotopic (exact) mass is 244 g/mol. The van der Waals surface area contributed by atoms with Gasteiger partial charge >= 0.3 is 0 Å². The van der Waals surface area contributed by atoms with Gasteiger partial charge in [0.15, 0.2) is 0 Å². The van der Waals surface area contributed by atoms with Gasteiger partial charge < -0.3 is 0 Å². The lowest BCUT2D eigenvalue weighted by atomic mass is 10.1. The van der Waals surface area contributed by atoms with Crippen LogP contribution in [0.2, 0.25) is 25.7 Å². The van der Waals surface area contributed by atoms with Crippen LogP contribution in [0, 0.1) is 0 Å². The second-order valence-electron chi connectivity index (χ2n) is 5.79. The summed E-state index contributed by atoms with van der Waals surface area (Å²) in [7, 11) is -1.03. The molecule has 0 amide bonds. The molecule has 0 aliphatic carbocycles. The van der Waals surface area contributed by atoms with Crippen molar-refractivity contribution in [3.63, 3.8) is 0 Å². The maximum absolute atomic E-state index is 2.42. The first-order valence-corrected chi connectivity index (χ1v) is 10.0. The Morgan fingerprint density at radius 3 is 2.18 bits per heavy atom. The van der Waals surface area contributed by atoms with E-state index in [4.69, 9.17) is 0 Å². The second-order valence-corrected chi connectivity index (χ2v) is 11.3.